The second-order valence-electron chi connectivity index (χ2n) is 7.66. The van der Waals surface area contributed by atoms with Gasteiger partial charge in [-0.1, -0.05) is 52.1 Å². The number of hydrogen-bond donors (Lipinski definition) is 1. The molecule has 11 heteroatoms. The van der Waals surface area contributed by atoms with Crippen LogP contribution in [0, 0.1) is 6.92 Å². The number of nitrogens with two attached hydrogens (primary N) is 1. The number of benzene rings is 2. The molecule has 0 radical (unpaired) electrons. The first-order valence-corrected chi connectivity index (χ1v) is 10.9. The molecule has 0 spiro atoms. The Morgan fingerprint density at radius 1 is 1.09 bits per heavy atom. The average molecular weight is 529 g/mol. The van der Waals surface area contributed by atoms with Gasteiger partial charge in [-0.15, -0.1) is 0 Å². The molecule has 0 fully saturated rings. The Kier molecular flexibility index (Phi) is 6.27. The molecule has 1 aliphatic rings. The molecule has 2 aromatic carbocycles. The SMILES string of the molecule is Cc1c(C(N)=O)ccc(C2=NOC(c3cc(Cl)cc(Cl)c3)(C(F)(F)F)C2)c1-c1cccc(Cl)n1. The standard InChI is InChI=1S/C23H15Cl3F3N3O2/c1-11-15(21(30)33)5-6-16(20(11)17-3-2-4-19(26)31-17)18-10-22(34-32-18,23(27,28)29)12-7-13(24)9-14(25)8-12/h2-9H,10H2,1H3,(H2,30,33). The van der Waals surface area contributed by atoms with Gasteiger partial charge in [-0.25, -0.2) is 4.98 Å². The number of carbonyl (C=O) groups excluding carboxylic acids is 1. The van der Waals surface area contributed by atoms with Gasteiger partial charge in [-0.3, -0.25) is 4.79 Å². The number of oxime groups is 1. The van der Waals surface area contributed by atoms with E-state index >= 15 is 0 Å². The van der Waals surface area contributed by atoms with Crippen molar-refractivity contribution >= 4 is 46.4 Å². The predicted molar refractivity (Wildman–Crippen MR) is 124 cm³/mol. The molecule has 4 rings (SSSR count). The van der Waals surface area contributed by atoms with Gasteiger partial charge in [0.15, 0.2) is 0 Å². The number of carbonyl (C=O) groups is 1. The minimum Gasteiger partial charge on any atom is -0.374 e. The highest BCUT2D eigenvalue weighted by atomic mass is 35.5. The Morgan fingerprint density at radius 3 is 2.35 bits per heavy atom. The van der Waals surface area contributed by atoms with Crippen LogP contribution < -0.4 is 5.73 Å². The van der Waals surface area contributed by atoms with Crippen LogP contribution in [-0.2, 0) is 10.4 Å². The molecular weight excluding hydrogens is 514 g/mol. The fraction of sp³-hybridized carbons (Fsp3) is 0.174. The number of hydrogen-bond acceptors (Lipinski definition) is 4. The van der Waals surface area contributed by atoms with E-state index < -0.39 is 24.1 Å². The molecule has 0 saturated carbocycles. The van der Waals surface area contributed by atoms with Gasteiger partial charge in [0.05, 0.1) is 11.4 Å². The summed E-state index contributed by atoms with van der Waals surface area (Å²) in [4.78, 5) is 21.3. The van der Waals surface area contributed by atoms with Crippen LogP contribution in [0.4, 0.5) is 13.2 Å². The van der Waals surface area contributed by atoms with Crippen molar-refractivity contribution in [1.82, 2.24) is 4.98 Å². The topological polar surface area (TPSA) is 77.6 Å². The highest BCUT2D eigenvalue weighted by Crippen LogP contribution is 2.50. The number of halogens is 6. The van der Waals surface area contributed by atoms with E-state index in [9.17, 15) is 18.0 Å². The van der Waals surface area contributed by atoms with Crippen molar-refractivity contribution in [2.75, 3.05) is 0 Å². The number of primary amides is 1. The summed E-state index contributed by atoms with van der Waals surface area (Å²) >= 11 is 18.0. The molecule has 0 saturated heterocycles. The van der Waals surface area contributed by atoms with Crippen molar-refractivity contribution in [3.8, 4) is 11.3 Å². The van der Waals surface area contributed by atoms with Crippen LogP contribution in [-0.4, -0.2) is 22.8 Å². The number of pyridine rings is 1. The van der Waals surface area contributed by atoms with Crippen LogP contribution in [0.25, 0.3) is 11.3 Å². The van der Waals surface area contributed by atoms with Crippen LogP contribution in [0.2, 0.25) is 15.2 Å². The lowest BCUT2D eigenvalue weighted by Gasteiger charge is -2.29. The molecule has 1 aliphatic heterocycles. The average Bonchev–Trinajstić information content (AvgIpc) is 3.19. The molecule has 3 aromatic rings. The fourth-order valence-electron chi connectivity index (χ4n) is 3.93. The minimum atomic E-state index is -4.86. The van der Waals surface area contributed by atoms with Gasteiger partial charge in [0.2, 0.25) is 5.91 Å². The van der Waals surface area contributed by atoms with Gasteiger partial charge in [0.25, 0.3) is 5.60 Å². The third-order valence-corrected chi connectivity index (χ3v) is 6.17. The molecule has 0 bridgehead atoms. The molecule has 1 amide bonds. The summed E-state index contributed by atoms with van der Waals surface area (Å²) in [5.74, 6) is -0.699. The van der Waals surface area contributed by atoms with Crippen molar-refractivity contribution < 1.29 is 22.8 Å². The number of rotatable bonds is 4. The van der Waals surface area contributed by atoms with E-state index in [1.165, 1.54) is 18.2 Å². The molecule has 1 aromatic heterocycles. The Bertz CT molecular complexity index is 1320. The summed E-state index contributed by atoms with van der Waals surface area (Å²) in [5.41, 5.74) is 3.96. The quantitative estimate of drug-likeness (QED) is 0.383. The first-order chi connectivity index (χ1) is 15.9. The van der Waals surface area contributed by atoms with Crippen molar-refractivity contribution in [3.63, 3.8) is 0 Å². The van der Waals surface area contributed by atoms with E-state index in [4.69, 9.17) is 45.4 Å². The highest BCUT2D eigenvalue weighted by Gasteiger charge is 2.62. The highest BCUT2D eigenvalue weighted by molar-refractivity contribution is 6.34. The smallest absolute Gasteiger partial charge is 0.374 e. The van der Waals surface area contributed by atoms with Crippen LogP contribution in [0.1, 0.15) is 33.5 Å². The largest absolute Gasteiger partial charge is 0.435 e. The molecule has 1 atom stereocenters. The molecule has 1 unspecified atom stereocenters. The molecule has 176 valence electrons. The van der Waals surface area contributed by atoms with Gasteiger partial charge in [0.1, 0.15) is 5.15 Å². The first kappa shape index (κ1) is 24.3. The van der Waals surface area contributed by atoms with Crippen molar-refractivity contribution in [2.24, 2.45) is 10.9 Å². The Hall–Kier alpha value is -2.81. The van der Waals surface area contributed by atoms with Crippen LogP contribution in [0.5, 0.6) is 0 Å². The second kappa shape index (κ2) is 8.76. The molecular formula is C23H15Cl3F3N3O2. The molecule has 5 nitrogen and oxygen atoms in total. The maximum atomic E-state index is 14.4. The van der Waals surface area contributed by atoms with E-state index in [1.54, 1.807) is 25.1 Å². The molecule has 34 heavy (non-hydrogen) atoms. The maximum Gasteiger partial charge on any atom is 0.435 e. The number of amides is 1. The van der Waals surface area contributed by atoms with Crippen molar-refractivity contribution in [3.05, 3.63) is 86.0 Å². The summed E-state index contributed by atoms with van der Waals surface area (Å²) in [6.45, 7) is 1.62. The first-order valence-electron chi connectivity index (χ1n) is 9.78. The van der Waals surface area contributed by atoms with E-state index in [-0.39, 0.29) is 37.6 Å². The zero-order valence-corrected chi connectivity index (χ0v) is 19.6. The molecule has 2 heterocycles. The van der Waals surface area contributed by atoms with Gasteiger partial charge in [0, 0.05) is 38.7 Å². The molecule has 0 aliphatic carbocycles. The summed E-state index contributed by atoms with van der Waals surface area (Å²) in [5, 5.41) is 4.03. The van der Waals surface area contributed by atoms with Gasteiger partial charge in [-0.2, -0.15) is 13.2 Å². The Labute approximate surface area is 207 Å². The van der Waals surface area contributed by atoms with Crippen LogP contribution in [0.15, 0.2) is 53.7 Å². The summed E-state index contributed by atoms with van der Waals surface area (Å²) in [6.07, 6.45) is -5.53. The third-order valence-electron chi connectivity index (χ3n) is 5.53. The number of alkyl halides is 3. The summed E-state index contributed by atoms with van der Waals surface area (Å²) in [7, 11) is 0. The minimum absolute atomic E-state index is 0.00989. The lowest BCUT2D eigenvalue weighted by molar-refractivity contribution is -0.275. The lowest BCUT2D eigenvalue weighted by Crippen LogP contribution is -2.42. The lowest BCUT2D eigenvalue weighted by atomic mass is 9.84. The van der Waals surface area contributed by atoms with E-state index in [1.807, 2.05) is 0 Å². The van der Waals surface area contributed by atoms with Gasteiger partial charge >= 0.3 is 6.18 Å². The summed E-state index contributed by atoms with van der Waals surface area (Å²) < 4.78 is 43.2. The van der Waals surface area contributed by atoms with Crippen LogP contribution in [0.3, 0.4) is 0 Å². The normalized spacial score (nSPS) is 17.9. The Morgan fingerprint density at radius 2 is 1.76 bits per heavy atom. The van der Waals surface area contributed by atoms with E-state index in [2.05, 4.69) is 10.1 Å². The van der Waals surface area contributed by atoms with E-state index in [0.29, 0.717) is 16.8 Å². The van der Waals surface area contributed by atoms with E-state index in [0.717, 1.165) is 12.1 Å². The maximum absolute atomic E-state index is 14.4. The Balaban J connectivity index is 1.89. The predicted octanol–water partition coefficient (Wildman–Crippen LogP) is 6.70. The monoisotopic (exact) mass is 527 g/mol. The fourth-order valence-corrected chi connectivity index (χ4v) is 4.62. The summed E-state index contributed by atoms with van der Waals surface area (Å²) in [6, 6.07) is 11.3. The van der Waals surface area contributed by atoms with Crippen molar-refractivity contribution in [1.29, 1.82) is 0 Å². The molecule has 2 N–H and O–H groups in total. The third kappa shape index (κ3) is 4.21. The van der Waals surface area contributed by atoms with Gasteiger partial charge in [-0.05, 0) is 48.9 Å². The number of nitrogens with zero attached hydrogens (tertiary/aromatic N) is 2. The number of aromatic nitrogens is 1. The van der Waals surface area contributed by atoms with Gasteiger partial charge < -0.3 is 10.6 Å². The van der Waals surface area contributed by atoms with Crippen LogP contribution >= 0.6 is 34.8 Å². The zero-order chi connectivity index (χ0) is 24.8. The second-order valence-corrected chi connectivity index (χ2v) is 8.92. The zero-order valence-electron chi connectivity index (χ0n) is 17.4. The van der Waals surface area contributed by atoms with Crippen molar-refractivity contribution in [2.45, 2.75) is 25.1 Å².